The fraction of sp³-hybridized carbons (Fsp3) is 0.138. The smallest absolute Gasteiger partial charge is 0.335 e. The lowest BCUT2D eigenvalue weighted by atomic mass is 10.0. The molecule has 0 saturated carbocycles. The minimum absolute atomic E-state index is 0. The summed E-state index contributed by atoms with van der Waals surface area (Å²) in [4.78, 5) is 11.5. The monoisotopic (exact) mass is 576 g/mol. The third kappa shape index (κ3) is 8.07. The van der Waals surface area contributed by atoms with Crippen LogP contribution in [0.25, 0.3) is 11.1 Å². The van der Waals surface area contributed by atoms with Crippen molar-refractivity contribution in [1.82, 2.24) is 0 Å². The van der Waals surface area contributed by atoms with Crippen LogP contribution in [0.1, 0.15) is 21.5 Å². The zero-order valence-corrected chi connectivity index (χ0v) is 22.4. The third-order valence-corrected chi connectivity index (χ3v) is 5.62. The van der Waals surface area contributed by atoms with Crippen molar-refractivity contribution in [2.45, 2.75) is 13.2 Å². The van der Waals surface area contributed by atoms with Gasteiger partial charge in [-0.15, -0.1) is 24.8 Å². The molecule has 0 aliphatic heterocycles. The molecular weight excluding hydrogens is 549 g/mol. The van der Waals surface area contributed by atoms with E-state index in [4.69, 9.17) is 15.2 Å². The van der Waals surface area contributed by atoms with E-state index in [0.29, 0.717) is 22.6 Å². The molecule has 4 N–H and O–H groups in total. The second kappa shape index (κ2) is 14.9. The number of carboxylic acids is 1. The van der Waals surface area contributed by atoms with Gasteiger partial charge in [0.25, 0.3) is 0 Å². The van der Waals surface area contributed by atoms with Crippen molar-refractivity contribution in [2.24, 2.45) is 5.73 Å². The van der Waals surface area contributed by atoms with Gasteiger partial charge in [0.1, 0.15) is 36.3 Å². The number of para-hydroxylation sites is 1. The Balaban J connectivity index is 0.00000267. The fourth-order valence-electron chi connectivity index (χ4n) is 3.79. The normalized spacial score (nSPS) is 10.1. The minimum atomic E-state index is -1.10. The van der Waals surface area contributed by atoms with Crippen molar-refractivity contribution < 1.29 is 28.2 Å². The number of anilines is 1. The third-order valence-electron chi connectivity index (χ3n) is 5.62. The van der Waals surface area contributed by atoms with Crippen molar-refractivity contribution in [3.8, 4) is 22.6 Å². The fourth-order valence-corrected chi connectivity index (χ4v) is 3.79. The van der Waals surface area contributed by atoms with Gasteiger partial charge >= 0.3 is 5.97 Å². The minimum Gasteiger partial charge on any atom is -0.492 e. The van der Waals surface area contributed by atoms with Crippen LogP contribution in [0.15, 0.2) is 84.9 Å². The van der Waals surface area contributed by atoms with Crippen LogP contribution in [0.5, 0.6) is 11.5 Å². The van der Waals surface area contributed by atoms with Gasteiger partial charge in [0.15, 0.2) is 0 Å². The highest BCUT2D eigenvalue weighted by molar-refractivity contribution is 5.88. The zero-order valence-electron chi connectivity index (χ0n) is 20.7. The highest BCUT2D eigenvalue weighted by Gasteiger charge is 2.16. The van der Waals surface area contributed by atoms with Crippen molar-refractivity contribution >= 4 is 36.5 Å². The lowest BCUT2D eigenvalue weighted by Crippen LogP contribution is -2.11. The quantitative estimate of drug-likeness (QED) is 0.184. The number of nitrogens with two attached hydrogens (primary N) is 1. The molecule has 0 saturated heterocycles. The molecule has 0 spiro atoms. The Morgan fingerprint density at radius 2 is 1.54 bits per heavy atom. The van der Waals surface area contributed by atoms with Crippen LogP contribution in [0.2, 0.25) is 0 Å². The van der Waals surface area contributed by atoms with E-state index in [1.165, 1.54) is 18.2 Å². The lowest BCUT2D eigenvalue weighted by Gasteiger charge is -2.16. The Hall–Kier alpha value is -3.85. The number of rotatable bonds is 11. The molecule has 4 aromatic rings. The average Bonchev–Trinajstić information content (AvgIpc) is 2.91. The van der Waals surface area contributed by atoms with Crippen LogP contribution in [-0.2, 0) is 13.2 Å². The molecule has 4 rings (SSSR count). The van der Waals surface area contributed by atoms with E-state index in [-0.39, 0.29) is 67.9 Å². The van der Waals surface area contributed by atoms with E-state index in [2.05, 4.69) is 5.32 Å². The van der Waals surface area contributed by atoms with E-state index < -0.39 is 17.6 Å². The topological polar surface area (TPSA) is 93.8 Å². The summed E-state index contributed by atoms with van der Waals surface area (Å²) in [6.07, 6.45) is 0. The van der Waals surface area contributed by atoms with Crippen molar-refractivity contribution in [3.05, 3.63) is 113 Å². The number of benzene rings is 4. The first-order valence-electron chi connectivity index (χ1n) is 11.6. The molecule has 0 amide bonds. The Morgan fingerprint density at radius 3 is 2.26 bits per heavy atom. The summed E-state index contributed by atoms with van der Waals surface area (Å²) >= 11 is 0. The number of ether oxygens (including phenoxy) is 2. The maximum atomic E-state index is 14.8. The molecule has 4 aromatic carbocycles. The number of carboxylic acid groups (broad SMARTS) is 1. The average molecular weight is 577 g/mol. The standard InChI is InChI=1S/C29H26F2N2O4.2ClH/c30-24-16-25(31)26(15-23(24)22-8-4-5-9-28(22)36-13-12-32)33-17-21-14-20(29(34)35)10-11-27(21)37-18-19-6-2-1-3-7-19;;/h1-11,14-16,33H,12-13,17-18,32H2,(H,34,35);2*1H. The number of hydrogen-bond acceptors (Lipinski definition) is 5. The van der Waals surface area contributed by atoms with E-state index in [1.54, 1.807) is 30.3 Å². The Labute approximate surface area is 237 Å². The van der Waals surface area contributed by atoms with Gasteiger partial charge in [0, 0.05) is 35.8 Å². The van der Waals surface area contributed by atoms with E-state index in [1.807, 2.05) is 30.3 Å². The molecule has 206 valence electrons. The molecule has 0 aliphatic rings. The number of aromatic carboxylic acids is 1. The Morgan fingerprint density at radius 1 is 0.821 bits per heavy atom. The second-order valence-corrected chi connectivity index (χ2v) is 8.20. The van der Waals surface area contributed by atoms with E-state index in [9.17, 15) is 18.7 Å². The van der Waals surface area contributed by atoms with Crippen LogP contribution in [0.4, 0.5) is 14.5 Å². The van der Waals surface area contributed by atoms with Crippen LogP contribution in [-0.4, -0.2) is 24.2 Å². The summed E-state index contributed by atoms with van der Waals surface area (Å²) in [5.41, 5.74) is 7.68. The van der Waals surface area contributed by atoms with Gasteiger partial charge in [-0.2, -0.15) is 0 Å². The molecule has 0 bridgehead atoms. The van der Waals surface area contributed by atoms with E-state index in [0.717, 1.165) is 11.6 Å². The lowest BCUT2D eigenvalue weighted by molar-refractivity contribution is 0.0696. The maximum absolute atomic E-state index is 14.8. The van der Waals surface area contributed by atoms with Crippen molar-refractivity contribution in [2.75, 3.05) is 18.5 Å². The molecule has 0 aromatic heterocycles. The van der Waals surface area contributed by atoms with Gasteiger partial charge in [0.05, 0.1) is 11.3 Å². The zero-order chi connectivity index (χ0) is 26.2. The highest BCUT2D eigenvalue weighted by atomic mass is 35.5. The predicted molar refractivity (Wildman–Crippen MR) is 152 cm³/mol. The molecule has 0 fully saturated rings. The SMILES string of the molecule is Cl.Cl.NCCOc1ccccc1-c1cc(NCc2cc(C(=O)O)ccc2OCc2ccccc2)c(F)cc1F. The molecule has 0 atom stereocenters. The second-order valence-electron chi connectivity index (χ2n) is 8.20. The molecule has 39 heavy (non-hydrogen) atoms. The largest absolute Gasteiger partial charge is 0.492 e. The summed E-state index contributed by atoms with van der Waals surface area (Å²) in [6.45, 7) is 0.848. The highest BCUT2D eigenvalue weighted by Crippen LogP contribution is 2.35. The predicted octanol–water partition coefficient (Wildman–Crippen LogP) is 6.70. The molecular formula is C29H28Cl2F2N2O4. The van der Waals surface area contributed by atoms with Gasteiger partial charge in [0.2, 0.25) is 0 Å². The van der Waals surface area contributed by atoms with Gasteiger partial charge < -0.3 is 25.6 Å². The molecule has 0 radical (unpaired) electrons. The van der Waals surface area contributed by atoms with Crippen LogP contribution in [0, 0.1) is 11.6 Å². The first-order valence-corrected chi connectivity index (χ1v) is 11.6. The summed E-state index contributed by atoms with van der Waals surface area (Å²) in [6, 6.07) is 23.0. The molecule has 0 aliphatic carbocycles. The maximum Gasteiger partial charge on any atom is 0.335 e. The first kappa shape index (κ1) is 31.4. The van der Waals surface area contributed by atoms with Gasteiger partial charge in [-0.05, 0) is 35.9 Å². The number of halogens is 4. The summed E-state index contributed by atoms with van der Waals surface area (Å²) in [5, 5.41) is 12.4. The summed E-state index contributed by atoms with van der Waals surface area (Å²) in [5.74, 6) is -1.76. The van der Waals surface area contributed by atoms with E-state index >= 15 is 0 Å². The molecule has 0 unspecified atom stereocenters. The molecule has 0 heterocycles. The molecule has 6 nitrogen and oxygen atoms in total. The van der Waals surface area contributed by atoms with Crippen LogP contribution in [0.3, 0.4) is 0 Å². The molecule has 10 heteroatoms. The van der Waals surface area contributed by atoms with Gasteiger partial charge in [-0.1, -0.05) is 48.5 Å². The summed E-state index contributed by atoms with van der Waals surface area (Å²) < 4.78 is 41.1. The first-order chi connectivity index (χ1) is 18.0. The van der Waals surface area contributed by atoms with Crippen LogP contribution < -0.4 is 20.5 Å². The van der Waals surface area contributed by atoms with Gasteiger partial charge in [-0.3, -0.25) is 0 Å². The number of carbonyl (C=O) groups is 1. The van der Waals surface area contributed by atoms with Crippen molar-refractivity contribution in [1.29, 1.82) is 0 Å². The number of hydrogen-bond donors (Lipinski definition) is 3. The summed E-state index contributed by atoms with van der Waals surface area (Å²) in [7, 11) is 0. The van der Waals surface area contributed by atoms with Gasteiger partial charge in [-0.25, -0.2) is 13.6 Å². The van der Waals surface area contributed by atoms with Crippen LogP contribution >= 0.6 is 24.8 Å². The Kier molecular flexibility index (Phi) is 12.0. The number of nitrogens with one attached hydrogen (secondary N) is 1. The van der Waals surface area contributed by atoms with Crippen molar-refractivity contribution in [3.63, 3.8) is 0 Å². The Bertz CT molecular complexity index is 1390.